The van der Waals surface area contributed by atoms with Gasteiger partial charge in [-0.15, -0.1) is 0 Å². The van der Waals surface area contributed by atoms with E-state index in [1.807, 2.05) is 6.07 Å². The number of nitrogens with zero attached hydrogens (tertiary/aromatic N) is 3. The molecule has 2 aromatic heterocycles. The zero-order valence-corrected chi connectivity index (χ0v) is 15.3. The van der Waals surface area contributed by atoms with Crippen LogP contribution in [0.1, 0.15) is 22.7 Å². The van der Waals surface area contributed by atoms with Crippen molar-refractivity contribution in [3.63, 3.8) is 0 Å². The zero-order valence-electron chi connectivity index (χ0n) is 15.3. The van der Waals surface area contributed by atoms with Crippen molar-refractivity contribution in [1.29, 1.82) is 0 Å². The summed E-state index contributed by atoms with van der Waals surface area (Å²) in [5.41, 5.74) is 1.74. The Morgan fingerprint density at radius 3 is 2.34 bits per heavy atom. The van der Waals surface area contributed by atoms with Gasteiger partial charge in [0, 0.05) is 36.9 Å². The summed E-state index contributed by atoms with van der Waals surface area (Å²) in [4.78, 5) is 35.1. The first-order valence-electron chi connectivity index (χ1n) is 8.93. The fourth-order valence-corrected chi connectivity index (χ4v) is 3.40. The van der Waals surface area contributed by atoms with Crippen LogP contribution in [0.3, 0.4) is 0 Å². The van der Waals surface area contributed by atoms with E-state index in [2.05, 4.69) is 9.97 Å². The van der Waals surface area contributed by atoms with E-state index >= 15 is 0 Å². The van der Waals surface area contributed by atoms with E-state index in [0.29, 0.717) is 11.1 Å². The minimum Gasteiger partial charge on any atom is -0.508 e. The third kappa shape index (κ3) is 3.45. The summed E-state index contributed by atoms with van der Waals surface area (Å²) in [5, 5.41) is 20.5. The van der Waals surface area contributed by atoms with Gasteiger partial charge in [0.05, 0.1) is 11.6 Å². The number of ketones is 1. The van der Waals surface area contributed by atoms with Gasteiger partial charge in [0.15, 0.2) is 0 Å². The quantitative estimate of drug-likeness (QED) is 0.405. The van der Waals surface area contributed by atoms with E-state index in [4.69, 9.17) is 0 Å². The molecule has 0 spiro atoms. The van der Waals surface area contributed by atoms with Gasteiger partial charge >= 0.3 is 0 Å². The smallest absolute Gasteiger partial charge is 0.295 e. The fraction of sp³-hybridized carbons (Fsp3) is 0.0909. The largest absolute Gasteiger partial charge is 0.508 e. The minimum absolute atomic E-state index is 0.00391. The zero-order chi connectivity index (χ0) is 20.4. The Kier molecular flexibility index (Phi) is 4.78. The van der Waals surface area contributed by atoms with Crippen molar-refractivity contribution >= 4 is 17.4 Å². The fourth-order valence-electron chi connectivity index (χ4n) is 3.40. The van der Waals surface area contributed by atoms with Gasteiger partial charge in [0.1, 0.15) is 11.5 Å². The molecule has 7 nitrogen and oxygen atoms in total. The average Bonchev–Trinajstić information content (AvgIpc) is 3.00. The molecule has 1 aliphatic heterocycles. The molecule has 0 aliphatic carbocycles. The Bertz CT molecular complexity index is 1080. The number of phenols is 1. The van der Waals surface area contributed by atoms with E-state index in [9.17, 15) is 19.8 Å². The second-order valence-electron chi connectivity index (χ2n) is 6.62. The first kappa shape index (κ1) is 18.4. The molecule has 7 heteroatoms. The lowest BCUT2D eigenvalue weighted by Crippen LogP contribution is -2.29. The van der Waals surface area contributed by atoms with Crippen LogP contribution in [-0.2, 0) is 16.1 Å². The highest BCUT2D eigenvalue weighted by Gasteiger charge is 2.46. The molecule has 2 N–H and O–H groups in total. The van der Waals surface area contributed by atoms with E-state index in [0.717, 1.165) is 5.56 Å². The molecule has 1 aliphatic rings. The number of rotatable bonds is 4. The second kappa shape index (κ2) is 7.55. The number of aliphatic hydroxyl groups is 1. The van der Waals surface area contributed by atoms with Crippen LogP contribution >= 0.6 is 0 Å². The molecule has 4 rings (SSSR count). The number of amides is 1. The third-order valence-electron chi connectivity index (χ3n) is 4.78. The average molecular weight is 387 g/mol. The first-order valence-corrected chi connectivity index (χ1v) is 8.93. The van der Waals surface area contributed by atoms with Crippen molar-refractivity contribution in [2.45, 2.75) is 12.6 Å². The highest BCUT2D eigenvalue weighted by atomic mass is 16.3. The number of phenolic OH excluding ortho intramolecular Hbond substituents is 1. The lowest BCUT2D eigenvalue weighted by molar-refractivity contribution is -0.140. The number of hydrogen-bond acceptors (Lipinski definition) is 6. The van der Waals surface area contributed by atoms with Gasteiger partial charge in [-0.1, -0.05) is 18.2 Å². The van der Waals surface area contributed by atoms with Crippen molar-refractivity contribution < 1.29 is 19.8 Å². The molecular formula is C22H17N3O4. The number of Topliss-reactive ketones (excluding diaryl/α,β-unsaturated/α-hetero) is 1. The summed E-state index contributed by atoms with van der Waals surface area (Å²) in [5.74, 6) is -1.67. The molecule has 29 heavy (non-hydrogen) atoms. The van der Waals surface area contributed by atoms with E-state index in [1.165, 1.54) is 29.4 Å². The SMILES string of the molecule is O=C1C(=O)N(Cc2cccnc2)C(c2ccc(O)cc2)C1=C(O)c1ccncc1. The van der Waals surface area contributed by atoms with Gasteiger partial charge in [-0.05, 0) is 41.5 Å². The Balaban J connectivity index is 1.86. The van der Waals surface area contributed by atoms with Crippen LogP contribution < -0.4 is 0 Å². The molecule has 1 amide bonds. The molecule has 3 aromatic rings. The standard InChI is InChI=1S/C22H17N3O4/c26-17-5-3-15(4-6-17)19-18(20(27)16-7-10-23-11-8-16)21(28)22(29)25(19)13-14-2-1-9-24-12-14/h1-12,19,26-27H,13H2. The summed E-state index contributed by atoms with van der Waals surface area (Å²) in [6.45, 7) is 0.150. The van der Waals surface area contributed by atoms with E-state index < -0.39 is 17.7 Å². The number of hydrogen-bond donors (Lipinski definition) is 2. The number of carbonyl (C=O) groups excluding carboxylic acids is 2. The summed E-state index contributed by atoms with van der Waals surface area (Å²) < 4.78 is 0. The third-order valence-corrected chi connectivity index (χ3v) is 4.78. The van der Waals surface area contributed by atoms with Crippen LogP contribution in [0.5, 0.6) is 5.75 Å². The van der Waals surface area contributed by atoms with Crippen molar-refractivity contribution in [2.75, 3.05) is 0 Å². The predicted octanol–water partition coefficient (Wildman–Crippen LogP) is 2.80. The number of carbonyl (C=O) groups is 2. The summed E-state index contributed by atoms with van der Waals surface area (Å²) in [7, 11) is 0. The van der Waals surface area contributed by atoms with Crippen LogP contribution in [0.2, 0.25) is 0 Å². The van der Waals surface area contributed by atoms with Gasteiger partial charge in [-0.25, -0.2) is 0 Å². The van der Waals surface area contributed by atoms with Crippen molar-refractivity contribution in [3.8, 4) is 5.75 Å². The van der Waals surface area contributed by atoms with E-state index in [1.54, 1.807) is 42.7 Å². The number of aromatic hydroxyl groups is 1. The summed E-state index contributed by atoms with van der Waals surface area (Å²) in [6, 6.07) is 12.1. The highest BCUT2D eigenvalue weighted by Crippen LogP contribution is 2.40. The maximum Gasteiger partial charge on any atom is 0.295 e. The van der Waals surface area contributed by atoms with Gasteiger partial charge in [0.25, 0.3) is 11.7 Å². The van der Waals surface area contributed by atoms with Crippen LogP contribution in [0.4, 0.5) is 0 Å². The maximum absolute atomic E-state index is 12.9. The van der Waals surface area contributed by atoms with Gasteiger partial charge in [-0.3, -0.25) is 19.6 Å². The van der Waals surface area contributed by atoms with Crippen molar-refractivity contribution in [3.05, 3.63) is 95.6 Å². The molecule has 1 saturated heterocycles. The monoisotopic (exact) mass is 387 g/mol. The van der Waals surface area contributed by atoms with Crippen LogP contribution in [0.15, 0.2) is 78.9 Å². The van der Waals surface area contributed by atoms with Gasteiger partial charge in [0.2, 0.25) is 0 Å². The van der Waals surface area contributed by atoms with Crippen molar-refractivity contribution in [2.24, 2.45) is 0 Å². The second-order valence-corrected chi connectivity index (χ2v) is 6.62. The number of aliphatic hydroxyl groups excluding tert-OH is 1. The molecule has 1 unspecified atom stereocenters. The molecule has 144 valence electrons. The first-order chi connectivity index (χ1) is 14.1. The molecule has 1 fully saturated rings. The number of aromatic nitrogens is 2. The lowest BCUT2D eigenvalue weighted by Gasteiger charge is -2.25. The Hall–Kier alpha value is -4.00. The predicted molar refractivity (Wildman–Crippen MR) is 104 cm³/mol. The van der Waals surface area contributed by atoms with Crippen LogP contribution in [0, 0.1) is 0 Å². The number of benzene rings is 1. The van der Waals surface area contributed by atoms with E-state index in [-0.39, 0.29) is 23.6 Å². The van der Waals surface area contributed by atoms with Crippen LogP contribution in [-0.4, -0.2) is 36.8 Å². The number of pyridine rings is 2. The summed E-state index contributed by atoms with van der Waals surface area (Å²) >= 11 is 0. The lowest BCUT2D eigenvalue weighted by atomic mass is 9.95. The Morgan fingerprint density at radius 1 is 0.966 bits per heavy atom. The molecule has 0 saturated carbocycles. The van der Waals surface area contributed by atoms with Crippen molar-refractivity contribution in [1.82, 2.24) is 14.9 Å². The maximum atomic E-state index is 12.9. The molecular weight excluding hydrogens is 370 g/mol. The topological polar surface area (TPSA) is 104 Å². The van der Waals surface area contributed by atoms with Gasteiger partial charge < -0.3 is 15.1 Å². The Labute approximate surface area is 166 Å². The minimum atomic E-state index is -0.802. The highest BCUT2D eigenvalue weighted by molar-refractivity contribution is 6.46. The van der Waals surface area contributed by atoms with Gasteiger partial charge in [-0.2, -0.15) is 0 Å². The molecule has 1 atom stereocenters. The molecule has 1 aromatic carbocycles. The molecule has 3 heterocycles. The Morgan fingerprint density at radius 2 is 1.69 bits per heavy atom. The molecule has 0 radical (unpaired) electrons. The normalized spacial score (nSPS) is 18.2. The number of likely N-dealkylation sites (tertiary alicyclic amines) is 1. The summed E-state index contributed by atoms with van der Waals surface area (Å²) in [6.07, 6.45) is 6.24. The molecule has 0 bridgehead atoms. The van der Waals surface area contributed by atoms with Crippen LogP contribution in [0.25, 0.3) is 5.76 Å².